The molecule has 20 heavy (non-hydrogen) atoms. The molecule has 1 unspecified atom stereocenters. The summed E-state index contributed by atoms with van der Waals surface area (Å²) in [7, 11) is 0. The van der Waals surface area contributed by atoms with E-state index in [1.807, 2.05) is 26.8 Å². The van der Waals surface area contributed by atoms with Gasteiger partial charge in [0.25, 0.3) is 0 Å². The first kappa shape index (κ1) is 16.6. The van der Waals surface area contributed by atoms with Crippen LogP contribution in [-0.2, 0) is 0 Å². The highest BCUT2D eigenvalue weighted by Gasteiger charge is 2.16. The molecule has 0 aliphatic carbocycles. The van der Waals surface area contributed by atoms with E-state index < -0.39 is 0 Å². The van der Waals surface area contributed by atoms with E-state index in [-0.39, 0.29) is 23.9 Å². The lowest BCUT2D eigenvalue weighted by Crippen LogP contribution is -2.23. The highest BCUT2D eigenvalue weighted by molar-refractivity contribution is 5.34. The van der Waals surface area contributed by atoms with E-state index in [1.165, 1.54) is 6.07 Å². The molecule has 0 aromatic heterocycles. The Morgan fingerprint density at radius 3 is 2.70 bits per heavy atom. The van der Waals surface area contributed by atoms with Gasteiger partial charge in [-0.25, -0.2) is 4.39 Å². The molecular formula is C16H23FN2O. The Labute approximate surface area is 120 Å². The second-order valence-electron chi connectivity index (χ2n) is 5.95. The van der Waals surface area contributed by atoms with Gasteiger partial charge in [0.05, 0.1) is 11.6 Å². The summed E-state index contributed by atoms with van der Waals surface area (Å²) in [6.07, 6.45) is 1.84. The van der Waals surface area contributed by atoms with E-state index in [9.17, 15) is 4.39 Å². The maximum absolute atomic E-state index is 13.8. The number of hydrogen-bond acceptors (Lipinski definition) is 3. The number of hydrogen-bond donors (Lipinski definition) is 2. The van der Waals surface area contributed by atoms with Crippen molar-refractivity contribution in [1.82, 2.24) is 5.32 Å². The van der Waals surface area contributed by atoms with Crippen LogP contribution in [0.15, 0.2) is 18.2 Å². The van der Waals surface area contributed by atoms with Crippen molar-refractivity contribution in [1.29, 1.82) is 5.26 Å². The van der Waals surface area contributed by atoms with Gasteiger partial charge in [0.2, 0.25) is 0 Å². The van der Waals surface area contributed by atoms with Gasteiger partial charge in [0.1, 0.15) is 5.82 Å². The van der Waals surface area contributed by atoms with Crippen LogP contribution in [-0.4, -0.2) is 18.3 Å². The van der Waals surface area contributed by atoms with Crippen molar-refractivity contribution < 1.29 is 9.50 Å². The van der Waals surface area contributed by atoms with Gasteiger partial charge in [-0.2, -0.15) is 5.26 Å². The standard InChI is InChI=1S/C16H23FN2O/c1-12(19-8-4-7-16(2,3)11-20)14-6-5-13(10-18)9-15(14)17/h5-6,9,12,19-20H,4,7-8,11H2,1-3H3. The van der Waals surface area contributed by atoms with Crippen LogP contribution in [0.4, 0.5) is 4.39 Å². The highest BCUT2D eigenvalue weighted by atomic mass is 19.1. The van der Waals surface area contributed by atoms with Crippen molar-refractivity contribution in [3.05, 3.63) is 35.1 Å². The molecule has 1 aromatic carbocycles. The molecule has 3 nitrogen and oxygen atoms in total. The fourth-order valence-electron chi connectivity index (χ4n) is 2.02. The molecule has 0 heterocycles. The zero-order chi connectivity index (χ0) is 15.2. The van der Waals surface area contributed by atoms with Crippen molar-refractivity contribution >= 4 is 0 Å². The normalized spacial score (nSPS) is 13.0. The van der Waals surface area contributed by atoms with E-state index in [0.29, 0.717) is 11.1 Å². The zero-order valence-corrected chi connectivity index (χ0v) is 12.4. The fourth-order valence-corrected chi connectivity index (χ4v) is 2.02. The van der Waals surface area contributed by atoms with Gasteiger partial charge in [0.15, 0.2) is 0 Å². The molecule has 2 N–H and O–H groups in total. The molecule has 4 heteroatoms. The predicted molar refractivity (Wildman–Crippen MR) is 77.6 cm³/mol. The smallest absolute Gasteiger partial charge is 0.129 e. The predicted octanol–water partition coefficient (Wildman–Crippen LogP) is 3.15. The molecule has 0 bridgehead atoms. The quantitative estimate of drug-likeness (QED) is 0.753. The topological polar surface area (TPSA) is 56.0 Å². The summed E-state index contributed by atoms with van der Waals surface area (Å²) in [4.78, 5) is 0. The Hall–Kier alpha value is -1.44. The van der Waals surface area contributed by atoms with Crippen LogP contribution < -0.4 is 5.32 Å². The van der Waals surface area contributed by atoms with Crippen molar-refractivity contribution in [2.75, 3.05) is 13.2 Å². The number of benzene rings is 1. The van der Waals surface area contributed by atoms with Gasteiger partial charge < -0.3 is 10.4 Å². The zero-order valence-electron chi connectivity index (χ0n) is 12.4. The summed E-state index contributed by atoms with van der Waals surface area (Å²) in [6.45, 7) is 6.89. The average molecular weight is 278 g/mol. The molecule has 0 fully saturated rings. The third-order valence-electron chi connectivity index (χ3n) is 3.50. The fraction of sp³-hybridized carbons (Fsp3) is 0.562. The summed E-state index contributed by atoms with van der Waals surface area (Å²) in [5, 5.41) is 21.2. The Morgan fingerprint density at radius 2 is 2.15 bits per heavy atom. The number of aliphatic hydroxyl groups is 1. The number of rotatable bonds is 7. The van der Waals surface area contributed by atoms with E-state index in [4.69, 9.17) is 10.4 Å². The SMILES string of the molecule is CC(NCCCC(C)(C)CO)c1ccc(C#N)cc1F. The lowest BCUT2D eigenvalue weighted by Gasteiger charge is -2.22. The molecule has 0 amide bonds. The van der Waals surface area contributed by atoms with Crippen LogP contribution >= 0.6 is 0 Å². The number of nitrogens with zero attached hydrogens (tertiary/aromatic N) is 1. The van der Waals surface area contributed by atoms with Crippen molar-refractivity contribution in [3.63, 3.8) is 0 Å². The lowest BCUT2D eigenvalue weighted by molar-refractivity contribution is 0.147. The van der Waals surface area contributed by atoms with E-state index in [0.717, 1.165) is 19.4 Å². The number of halogens is 1. The molecule has 110 valence electrons. The Bertz CT molecular complexity index is 480. The minimum atomic E-state index is -0.347. The third-order valence-corrected chi connectivity index (χ3v) is 3.50. The summed E-state index contributed by atoms with van der Waals surface area (Å²) >= 11 is 0. The van der Waals surface area contributed by atoms with Crippen LogP contribution in [0.5, 0.6) is 0 Å². The number of nitrogens with one attached hydrogen (secondary N) is 1. The van der Waals surface area contributed by atoms with Gasteiger partial charge in [-0.15, -0.1) is 0 Å². The lowest BCUT2D eigenvalue weighted by atomic mass is 9.89. The molecule has 0 radical (unpaired) electrons. The average Bonchev–Trinajstić information content (AvgIpc) is 2.43. The summed E-state index contributed by atoms with van der Waals surface area (Å²) in [5.74, 6) is -0.347. The maximum atomic E-state index is 13.8. The Morgan fingerprint density at radius 1 is 1.45 bits per heavy atom. The second-order valence-corrected chi connectivity index (χ2v) is 5.95. The molecule has 0 saturated heterocycles. The van der Waals surface area contributed by atoms with Crippen LogP contribution in [0, 0.1) is 22.6 Å². The van der Waals surface area contributed by atoms with E-state index in [2.05, 4.69) is 5.32 Å². The van der Waals surface area contributed by atoms with Crippen LogP contribution in [0.3, 0.4) is 0 Å². The largest absolute Gasteiger partial charge is 0.396 e. The van der Waals surface area contributed by atoms with Gasteiger partial charge in [-0.05, 0) is 43.9 Å². The first-order valence-electron chi connectivity index (χ1n) is 6.93. The molecule has 1 rings (SSSR count). The minimum absolute atomic E-state index is 0.0649. The third kappa shape index (κ3) is 4.92. The summed E-state index contributed by atoms with van der Waals surface area (Å²) in [5.41, 5.74) is 0.846. The first-order valence-corrected chi connectivity index (χ1v) is 6.93. The van der Waals surface area contributed by atoms with Crippen molar-refractivity contribution in [2.45, 2.75) is 39.7 Å². The van der Waals surface area contributed by atoms with Gasteiger partial charge in [-0.1, -0.05) is 19.9 Å². The molecule has 0 saturated carbocycles. The molecule has 0 aliphatic rings. The number of aliphatic hydroxyl groups excluding tert-OH is 1. The van der Waals surface area contributed by atoms with E-state index in [1.54, 1.807) is 12.1 Å². The number of nitriles is 1. The molecule has 0 aliphatic heterocycles. The molecular weight excluding hydrogens is 255 g/mol. The Kier molecular flexibility index (Phi) is 6.12. The van der Waals surface area contributed by atoms with Crippen LogP contribution in [0.2, 0.25) is 0 Å². The van der Waals surface area contributed by atoms with Gasteiger partial charge in [-0.3, -0.25) is 0 Å². The first-order chi connectivity index (χ1) is 9.39. The van der Waals surface area contributed by atoms with Crippen LogP contribution in [0.25, 0.3) is 0 Å². The monoisotopic (exact) mass is 278 g/mol. The second kappa shape index (κ2) is 7.37. The molecule has 1 aromatic rings. The van der Waals surface area contributed by atoms with Crippen molar-refractivity contribution in [2.24, 2.45) is 5.41 Å². The van der Waals surface area contributed by atoms with Crippen molar-refractivity contribution in [3.8, 4) is 6.07 Å². The van der Waals surface area contributed by atoms with Gasteiger partial charge in [0, 0.05) is 18.2 Å². The Balaban J connectivity index is 2.48. The summed E-state index contributed by atoms with van der Waals surface area (Å²) < 4.78 is 13.8. The highest BCUT2D eigenvalue weighted by Crippen LogP contribution is 2.21. The molecule has 1 atom stereocenters. The van der Waals surface area contributed by atoms with E-state index >= 15 is 0 Å². The molecule has 0 spiro atoms. The summed E-state index contributed by atoms with van der Waals surface area (Å²) in [6, 6.07) is 6.38. The maximum Gasteiger partial charge on any atom is 0.129 e. The minimum Gasteiger partial charge on any atom is -0.396 e. The van der Waals surface area contributed by atoms with Gasteiger partial charge >= 0.3 is 0 Å². The van der Waals surface area contributed by atoms with Crippen LogP contribution in [0.1, 0.15) is 50.8 Å².